The molecule has 1 heterocycles. The van der Waals surface area contributed by atoms with Crippen molar-refractivity contribution in [1.29, 1.82) is 0 Å². The molecule has 1 rings (SSSR count). The highest BCUT2D eigenvalue weighted by Crippen LogP contribution is 2.08. The molecule has 1 N–H and O–H groups in total. The summed E-state index contributed by atoms with van der Waals surface area (Å²) >= 11 is 0. The summed E-state index contributed by atoms with van der Waals surface area (Å²) in [4.78, 5) is 10.3. The van der Waals surface area contributed by atoms with Crippen molar-refractivity contribution in [3.63, 3.8) is 0 Å². The van der Waals surface area contributed by atoms with E-state index in [1.54, 1.807) is 24.3 Å². The van der Waals surface area contributed by atoms with E-state index in [-0.39, 0.29) is 0 Å². The molecular weight excluding hydrogens is 142 g/mol. The lowest BCUT2D eigenvalue weighted by molar-refractivity contribution is 0.235. The Morgan fingerprint density at radius 3 is 3.18 bits per heavy atom. The van der Waals surface area contributed by atoms with Crippen LogP contribution in [-0.4, -0.2) is 12.5 Å². The minimum absolute atomic E-state index is 0.356. The number of carbonyl (C=O) groups excluding carboxylic acids is 1. The molecule has 0 saturated heterocycles. The Hall–Kier alpha value is -1.47. The van der Waals surface area contributed by atoms with Crippen LogP contribution in [0.1, 0.15) is 6.92 Å². The fourth-order valence-corrected chi connectivity index (χ4v) is 0.777. The number of dihydropyridines is 1. The van der Waals surface area contributed by atoms with Crippen LogP contribution in [0.2, 0.25) is 0 Å². The van der Waals surface area contributed by atoms with Crippen LogP contribution in [0.15, 0.2) is 29.8 Å². The van der Waals surface area contributed by atoms with Crippen molar-refractivity contribution in [1.82, 2.24) is 5.32 Å². The molecule has 0 aromatic carbocycles. The van der Waals surface area contributed by atoms with Gasteiger partial charge in [-0.15, -0.1) is 0 Å². The predicted octanol–water partition coefficient (Wildman–Crippen LogP) is 0.739. The first-order valence-corrected chi connectivity index (χ1v) is 3.40. The molecule has 3 nitrogen and oxygen atoms in total. The van der Waals surface area contributed by atoms with Crippen LogP contribution in [0, 0.1) is 0 Å². The predicted molar refractivity (Wildman–Crippen MR) is 41.2 cm³/mol. The van der Waals surface area contributed by atoms with Crippen LogP contribution in [0.3, 0.4) is 0 Å². The van der Waals surface area contributed by atoms with Crippen molar-refractivity contribution in [3.8, 4) is 0 Å². The third-order valence-corrected chi connectivity index (χ3v) is 1.22. The van der Waals surface area contributed by atoms with E-state index in [1.165, 1.54) is 0 Å². The lowest BCUT2D eigenvalue weighted by Crippen LogP contribution is -2.13. The van der Waals surface area contributed by atoms with E-state index >= 15 is 0 Å². The minimum atomic E-state index is 0.356. The van der Waals surface area contributed by atoms with E-state index < -0.39 is 0 Å². The smallest absolute Gasteiger partial charge is 0.166 e. The molecule has 0 spiro atoms. The molecule has 0 aromatic rings. The summed E-state index contributed by atoms with van der Waals surface area (Å²) < 4.78 is 5.13. The highest BCUT2D eigenvalue weighted by molar-refractivity contribution is 5.60. The Kier molecular flexibility index (Phi) is 2.53. The van der Waals surface area contributed by atoms with E-state index in [1.807, 2.05) is 6.92 Å². The van der Waals surface area contributed by atoms with Gasteiger partial charge in [-0.2, -0.15) is 0 Å². The first-order valence-electron chi connectivity index (χ1n) is 3.40. The van der Waals surface area contributed by atoms with E-state index in [4.69, 9.17) is 4.74 Å². The maximum Gasteiger partial charge on any atom is 0.166 e. The topological polar surface area (TPSA) is 38.3 Å². The molecule has 0 saturated carbocycles. The van der Waals surface area contributed by atoms with E-state index in [9.17, 15) is 4.79 Å². The Balaban J connectivity index is 2.79. The van der Waals surface area contributed by atoms with Gasteiger partial charge in [0.2, 0.25) is 0 Å². The largest absolute Gasteiger partial charge is 0.491 e. The molecule has 58 valence electrons. The first kappa shape index (κ1) is 7.63. The Bertz CT molecular complexity index is 247. The van der Waals surface area contributed by atoms with Crippen LogP contribution in [0.4, 0.5) is 0 Å². The zero-order valence-electron chi connectivity index (χ0n) is 6.26. The summed E-state index contributed by atoms with van der Waals surface area (Å²) in [6.45, 7) is 2.41. The fraction of sp³-hybridized carbons (Fsp3) is 0.250. The molecule has 3 heteroatoms. The third-order valence-electron chi connectivity index (χ3n) is 1.22. The summed E-state index contributed by atoms with van der Waals surface area (Å²) in [6, 6.07) is 0. The van der Waals surface area contributed by atoms with Gasteiger partial charge in [-0.1, -0.05) is 0 Å². The quantitative estimate of drug-likeness (QED) is 0.591. The van der Waals surface area contributed by atoms with Crippen LogP contribution in [0.25, 0.3) is 0 Å². The second-order valence-corrected chi connectivity index (χ2v) is 1.94. The van der Waals surface area contributed by atoms with Gasteiger partial charge in [-0.05, 0) is 19.1 Å². The zero-order valence-corrected chi connectivity index (χ0v) is 6.26. The summed E-state index contributed by atoms with van der Waals surface area (Å²) in [5, 5.41) is 2.72. The van der Waals surface area contributed by atoms with Gasteiger partial charge >= 0.3 is 0 Å². The summed E-state index contributed by atoms with van der Waals surface area (Å²) in [5.41, 5.74) is 0.356. The van der Waals surface area contributed by atoms with Gasteiger partial charge in [0.25, 0.3) is 0 Å². The van der Waals surface area contributed by atoms with Gasteiger partial charge in [0.1, 0.15) is 0 Å². The number of allylic oxidation sites excluding steroid dienone is 2. The first-order chi connectivity index (χ1) is 5.38. The van der Waals surface area contributed by atoms with E-state index in [0.717, 1.165) is 0 Å². The molecular formula is C8H9NO2. The average molecular weight is 151 g/mol. The minimum Gasteiger partial charge on any atom is -0.491 e. The summed E-state index contributed by atoms with van der Waals surface area (Å²) in [7, 11) is 0. The third kappa shape index (κ3) is 1.72. The highest BCUT2D eigenvalue weighted by atomic mass is 16.5. The number of rotatable bonds is 2. The average Bonchev–Trinajstić information content (AvgIpc) is 2.06. The molecule has 0 aromatic heterocycles. The molecule has 0 bridgehead atoms. The van der Waals surface area contributed by atoms with Crippen molar-refractivity contribution in [2.45, 2.75) is 6.92 Å². The van der Waals surface area contributed by atoms with Crippen LogP contribution >= 0.6 is 0 Å². The maximum absolute atomic E-state index is 10.3. The second-order valence-electron chi connectivity index (χ2n) is 1.94. The van der Waals surface area contributed by atoms with E-state index in [2.05, 4.69) is 5.32 Å². The number of ether oxygens (including phenoxy) is 1. The second kappa shape index (κ2) is 3.64. The summed E-state index contributed by atoms with van der Waals surface area (Å²) in [6.07, 6.45) is 5.15. The Morgan fingerprint density at radius 2 is 2.55 bits per heavy atom. The van der Waals surface area contributed by atoms with Gasteiger partial charge < -0.3 is 10.1 Å². The van der Waals surface area contributed by atoms with Crippen molar-refractivity contribution < 1.29 is 9.53 Å². The lowest BCUT2D eigenvalue weighted by Gasteiger charge is -2.11. The van der Waals surface area contributed by atoms with Crippen molar-refractivity contribution >= 4 is 5.94 Å². The number of hydrogen-bond acceptors (Lipinski definition) is 3. The van der Waals surface area contributed by atoms with Gasteiger partial charge in [-0.25, -0.2) is 4.79 Å². The summed E-state index contributed by atoms with van der Waals surface area (Å²) in [5.74, 6) is 2.30. The molecule has 0 fully saturated rings. The Morgan fingerprint density at radius 1 is 1.73 bits per heavy atom. The molecule has 0 amide bonds. The van der Waals surface area contributed by atoms with Gasteiger partial charge in [0.15, 0.2) is 17.4 Å². The monoisotopic (exact) mass is 151 g/mol. The number of hydrogen-bond donors (Lipinski definition) is 1. The van der Waals surface area contributed by atoms with Crippen LogP contribution < -0.4 is 5.32 Å². The lowest BCUT2D eigenvalue weighted by atomic mass is 10.3. The van der Waals surface area contributed by atoms with E-state index in [0.29, 0.717) is 18.1 Å². The molecule has 0 atom stereocenters. The van der Waals surface area contributed by atoms with Gasteiger partial charge in [-0.3, -0.25) is 0 Å². The maximum atomic E-state index is 10.3. The van der Waals surface area contributed by atoms with Crippen LogP contribution in [-0.2, 0) is 9.53 Å². The highest BCUT2D eigenvalue weighted by Gasteiger charge is 2.06. The molecule has 1 aliphatic rings. The molecule has 0 radical (unpaired) electrons. The molecule has 0 unspecified atom stereocenters. The SMILES string of the molecule is CCOC1=CC=CNC1=C=O. The molecule has 0 aliphatic carbocycles. The molecule has 1 aliphatic heterocycles. The van der Waals surface area contributed by atoms with Crippen molar-refractivity contribution in [2.75, 3.05) is 6.61 Å². The van der Waals surface area contributed by atoms with Crippen LogP contribution in [0.5, 0.6) is 0 Å². The van der Waals surface area contributed by atoms with Crippen molar-refractivity contribution in [3.05, 3.63) is 29.8 Å². The fourth-order valence-electron chi connectivity index (χ4n) is 0.777. The Labute approximate surface area is 65.0 Å². The zero-order chi connectivity index (χ0) is 8.10. The normalized spacial score (nSPS) is 15.0. The van der Waals surface area contributed by atoms with Gasteiger partial charge in [0.05, 0.1) is 6.61 Å². The molecule has 11 heavy (non-hydrogen) atoms. The standard InChI is InChI=1S/C8H9NO2/c1-2-11-8-4-3-5-9-7(8)6-10/h3-5,9H,2H2,1H3. The van der Waals surface area contributed by atoms with Crippen molar-refractivity contribution in [2.24, 2.45) is 0 Å². The van der Waals surface area contributed by atoms with Gasteiger partial charge in [0, 0.05) is 6.20 Å². The number of nitrogens with one attached hydrogen (secondary N) is 1.